The summed E-state index contributed by atoms with van der Waals surface area (Å²) < 4.78 is 7.15. The molecule has 26 heavy (non-hydrogen) atoms. The molecule has 2 N–H and O–H groups in total. The van der Waals surface area contributed by atoms with Crippen LogP contribution in [-0.2, 0) is 4.79 Å². The second-order valence-corrected chi connectivity index (χ2v) is 6.72. The van der Waals surface area contributed by atoms with Gasteiger partial charge in [0.15, 0.2) is 5.69 Å². The number of carboxylic acids is 1. The van der Waals surface area contributed by atoms with Crippen molar-refractivity contribution in [3.8, 4) is 11.4 Å². The molecule has 1 fully saturated rings. The number of carbonyl (C=O) groups excluding carboxylic acids is 1. The molecular formula is C18H22N4O4. The highest BCUT2D eigenvalue weighted by Gasteiger charge is 2.38. The number of aromatic nitrogens is 3. The highest BCUT2D eigenvalue weighted by atomic mass is 16.5. The summed E-state index contributed by atoms with van der Waals surface area (Å²) in [4.78, 5) is 23.7. The first-order valence-electron chi connectivity index (χ1n) is 8.60. The number of carbonyl (C=O) groups is 2. The zero-order chi connectivity index (χ0) is 18.8. The van der Waals surface area contributed by atoms with E-state index in [9.17, 15) is 14.7 Å². The summed E-state index contributed by atoms with van der Waals surface area (Å²) in [5.41, 5.74) is 1.40. The first-order chi connectivity index (χ1) is 12.4. The fourth-order valence-corrected chi connectivity index (χ4v) is 2.74. The van der Waals surface area contributed by atoms with E-state index in [0.717, 1.165) is 24.3 Å². The third-order valence-corrected chi connectivity index (χ3v) is 4.21. The van der Waals surface area contributed by atoms with Gasteiger partial charge in [-0.1, -0.05) is 5.21 Å². The van der Waals surface area contributed by atoms with Gasteiger partial charge in [0.05, 0.1) is 17.5 Å². The van der Waals surface area contributed by atoms with Gasteiger partial charge in [0.1, 0.15) is 11.8 Å². The van der Waals surface area contributed by atoms with E-state index in [-0.39, 0.29) is 17.7 Å². The van der Waals surface area contributed by atoms with Crippen molar-refractivity contribution < 1.29 is 19.4 Å². The molecular weight excluding hydrogens is 336 g/mol. The number of carboxylic acid groups (broad SMARTS) is 1. The van der Waals surface area contributed by atoms with Crippen LogP contribution in [-0.4, -0.2) is 44.1 Å². The number of amides is 1. The van der Waals surface area contributed by atoms with Crippen LogP contribution in [0, 0.1) is 12.8 Å². The second kappa shape index (κ2) is 7.15. The van der Waals surface area contributed by atoms with Crippen LogP contribution >= 0.6 is 0 Å². The molecule has 1 aliphatic carbocycles. The van der Waals surface area contributed by atoms with E-state index in [1.807, 2.05) is 38.1 Å². The fraction of sp³-hybridized carbons (Fsp3) is 0.444. The van der Waals surface area contributed by atoms with E-state index < -0.39 is 17.9 Å². The number of nitrogens with one attached hydrogen (secondary N) is 1. The summed E-state index contributed by atoms with van der Waals surface area (Å²) in [6, 6.07) is 6.42. The Kier molecular flexibility index (Phi) is 4.92. The van der Waals surface area contributed by atoms with Gasteiger partial charge in [0.25, 0.3) is 5.91 Å². The fourth-order valence-electron chi connectivity index (χ4n) is 2.74. The molecule has 0 bridgehead atoms. The normalized spacial score (nSPS) is 14.9. The van der Waals surface area contributed by atoms with Crippen LogP contribution in [0.1, 0.15) is 42.9 Å². The van der Waals surface area contributed by atoms with E-state index in [0.29, 0.717) is 5.69 Å². The lowest BCUT2D eigenvalue weighted by molar-refractivity contribution is -0.139. The van der Waals surface area contributed by atoms with Crippen molar-refractivity contribution in [1.29, 1.82) is 0 Å². The van der Waals surface area contributed by atoms with Crippen molar-refractivity contribution in [1.82, 2.24) is 20.3 Å². The van der Waals surface area contributed by atoms with Crippen molar-refractivity contribution in [2.75, 3.05) is 0 Å². The molecule has 1 saturated carbocycles. The molecule has 1 heterocycles. The molecule has 1 amide bonds. The standard InChI is InChI=1S/C18H22N4O4/c1-10(2)26-14-8-6-13(7-9-14)22-11(3)15(20-21-22)17(23)19-16(18(24)25)12-4-5-12/h6-10,12,16H,4-5H2,1-3H3,(H,19,23)(H,24,25). The molecule has 2 aromatic rings. The number of aliphatic carboxylic acids is 1. The molecule has 0 spiro atoms. The highest BCUT2D eigenvalue weighted by molar-refractivity contribution is 5.96. The Morgan fingerprint density at radius 2 is 1.92 bits per heavy atom. The molecule has 138 valence electrons. The van der Waals surface area contributed by atoms with Crippen LogP contribution in [0.2, 0.25) is 0 Å². The quantitative estimate of drug-likeness (QED) is 0.784. The molecule has 8 heteroatoms. The van der Waals surface area contributed by atoms with E-state index >= 15 is 0 Å². The second-order valence-electron chi connectivity index (χ2n) is 6.72. The summed E-state index contributed by atoms with van der Waals surface area (Å²) >= 11 is 0. The van der Waals surface area contributed by atoms with Crippen molar-refractivity contribution >= 4 is 11.9 Å². The zero-order valence-corrected chi connectivity index (χ0v) is 15.0. The maximum atomic E-state index is 12.4. The van der Waals surface area contributed by atoms with Crippen molar-refractivity contribution in [2.24, 2.45) is 5.92 Å². The lowest BCUT2D eigenvalue weighted by atomic mass is 10.2. The smallest absolute Gasteiger partial charge is 0.326 e. The first-order valence-corrected chi connectivity index (χ1v) is 8.60. The topological polar surface area (TPSA) is 106 Å². The Bertz CT molecular complexity index is 809. The minimum absolute atomic E-state index is 0.000280. The number of hydrogen-bond acceptors (Lipinski definition) is 5. The van der Waals surface area contributed by atoms with E-state index in [4.69, 9.17) is 4.74 Å². The van der Waals surface area contributed by atoms with Gasteiger partial charge in [0, 0.05) is 0 Å². The Balaban J connectivity index is 1.76. The van der Waals surface area contributed by atoms with Crippen molar-refractivity contribution in [2.45, 2.75) is 45.8 Å². The Morgan fingerprint density at radius 3 is 2.46 bits per heavy atom. The molecule has 3 rings (SSSR count). The van der Waals surface area contributed by atoms with Crippen LogP contribution in [0.5, 0.6) is 5.75 Å². The summed E-state index contributed by atoms with van der Waals surface area (Å²) in [6.07, 6.45) is 1.71. The van der Waals surface area contributed by atoms with Gasteiger partial charge >= 0.3 is 5.97 Å². The van der Waals surface area contributed by atoms with E-state index in [2.05, 4.69) is 15.6 Å². The Labute approximate surface area is 151 Å². The highest BCUT2D eigenvalue weighted by Crippen LogP contribution is 2.33. The maximum absolute atomic E-state index is 12.4. The first kappa shape index (κ1) is 17.9. The van der Waals surface area contributed by atoms with Crippen molar-refractivity contribution in [3.63, 3.8) is 0 Å². The van der Waals surface area contributed by atoms with Crippen molar-refractivity contribution in [3.05, 3.63) is 35.7 Å². The molecule has 0 saturated heterocycles. The molecule has 8 nitrogen and oxygen atoms in total. The average Bonchev–Trinajstić information content (AvgIpc) is 3.34. The minimum atomic E-state index is -1.02. The predicted octanol–water partition coefficient (Wildman–Crippen LogP) is 1.96. The van der Waals surface area contributed by atoms with Gasteiger partial charge in [-0.2, -0.15) is 0 Å². The number of nitrogens with zero attached hydrogens (tertiary/aromatic N) is 3. The molecule has 1 aromatic carbocycles. The van der Waals surface area contributed by atoms with Gasteiger partial charge in [-0.05, 0) is 63.8 Å². The van der Waals surface area contributed by atoms with Gasteiger partial charge in [-0.3, -0.25) is 4.79 Å². The molecule has 1 aromatic heterocycles. The predicted molar refractivity (Wildman–Crippen MR) is 93.5 cm³/mol. The number of ether oxygens (including phenoxy) is 1. The third-order valence-electron chi connectivity index (χ3n) is 4.21. The lowest BCUT2D eigenvalue weighted by Gasteiger charge is -2.12. The SMILES string of the molecule is Cc1c(C(=O)NC(C(=O)O)C2CC2)nnn1-c1ccc(OC(C)C)cc1. The molecule has 1 atom stereocenters. The largest absolute Gasteiger partial charge is 0.491 e. The average molecular weight is 358 g/mol. The maximum Gasteiger partial charge on any atom is 0.326 e. The summed E-state index contributed by atoms with van der Waals surface area (Å²) in [5.74, 6) is -0.798. The summed E-state index contributed by atoms with van der Waals surface area (Å²) in [7, 11) is 0. The minimum Gasteiger partial charge on any atom is -0.491 e. The van der Waals surface area contributed by atoms with Gasteiger partial charge in [0.2, 0.25) is 0 Å². The van der Waals surface area contributed by atoms with Crippen LogP contribution in [0.15, 0.2) is 24.3 Å². The number of hydrogen-bond donors (Lipinski definition) is 2. The summed E-state index contributed by atoms with van der Waals surface area (Å²) in [6.45, 7) is 5.62. The zero-order valence-electron chi connectivity index (χ0n) is 15.0. The Hall–Kier alpha value is -2.90. The van der Waals surface area contributed by atoms with E-state index in [1.54, 1.807) is 11.6 Å². The molecule has 1 aliphatic rings. The van der Waals surface area contributed by atoms with Crippen LogP contribution < -0.4 is 10.1 Å². The van der Waals surface area contributed by atoms with Crippen LogP contribution in [0.4, 0.5) is 0 Å². The van der Waals surface area contributed by atoms with Gasteiger partial charge in [-0.25, -0.2) is 9.48 Å². The lowest BCUT2D eigenvalue weighted by Crippen LogP contribution is -2.42. The van der Waals surface area contributed by atoms with E-state index in [1.165, 1.54) is 0 Å². The van der Waals surface area contributed by atoms with Crippen LogP contribution in [0.3, 0.4) is 0 Å². The molecule has 0 aliphatic heterocycles. The summed E-state index contributed by atoms with van der Waals surface area (Å²) in [5, 5.41) is 19.8. The third kappa shape index (κ3) is 3.84. The van der Waals surface area contributed by atoms with Gasteiger partial charge < -0.3 is 15.2 Å². The Morgan fingerprint density at radius 1 is 1.27 bits per heavy atom. The number of rotatable bonds is 7. The molecule has 1 unspecified atom stereocenters. The molecule has 0 radical (unpaired) electrons. The van der Waals surface area contributed by atoms with Crippen LogP contribution in [0.25, 0.3) is 5.69 Å². The van der Waals surface area contributed by atoms with Gasteiger partial charge in [-0.15, -0.1) is 5.10 Å². The monoisotopic (exact) mass is 358 g/mol. The number of benzene rings is 1.